The lowest BCUT2D eigenvalue weighted by atomic mass is 9.98. The SMILES string of the molecule is NNC(C1=CCCCCC1)c1ccoc1Cl. The summed E-state index contributed by atoms with van der Waals surface area (Å²) in [6.07, 6.45) is 9.86. The van der Waals surface area contributed by atoms with Crippen LogP contribution in [0.15, 0.2) is 28.4 Å². The van der Waals surface area contributed by atoms with Crippen molar-refractivity contribution in [2.75, 3.05) is 0 Å². The lowest BCUT2D eigenvalue weighted by Gasteiger charge is -2.18. The number of nitrogens with one attached hydrogen (secondary N) is 1. The second-order valence-corrected chi connectivity index (χ2v) is 4.47. The van der Waals surface area contributed by atoms with Crippen LogP contribution in [0.2, 0.25) is 5.22 Å². The third kappa shape index (κ3) is 2.48. The number of rotatable bonds is 3. The second kappa shape index (κ2) is 5.53. The summed E-state index contributed by atoms with van der Waals surface area (Å²) in [5, 5.41) is 0.424. The lowest BCUT2D eigenvalue weighted by Crippen LogP contribution is -2.29. The van der Waals surface area contributed by atoms with E-state index in [1.54, 1.807) is 6.26 Å². The van der Waals surface area contributed by atoms with Crippen LogP contribution in [0.1, 0.15) is 43.7 Å². The van der Waals surface area contributed by atoms with Gasteiger partial charge in [0.05, 0.1) is 12.3 Å². The van der Waals surface area contributed by atoms with Crippen molar-refractivity contribution in [1.29, 1.82) is 0 Å². The van der Waals surface area contributed by atoms with Crippen molar-refractivity contribution in [3.63, 3.8) is 0 Å². The van der Waals surface area contributed by atoms with Crippen molar-refractivity contribution in [3.05, 3.63) is 34.8 Å². The van der Waals surface area contributed by atoms with Gasteiger partial charge in [0, 0.05) is 5.56 Å². The standard InChI is InChI=1S/C12H17ClN2O/c13-12-10(7-8-16-12)11(15-14)9-5-3-1-2-4-6-9/h5,7-8,11,15H,1-4,6,14H2. The van der Waals surface area contributed by atoms with Crippen molar-refractivity contribution in [1.82, 2.24) is 5.43 Å². The van der Waals surface area contributed by atoms with E-state index >= 15 is 0 Å². The molecular weight excluding hydrogens is 224 g/mol. The van der Waals surface area contributed by atoms with Crippen molar-refractivity contribution in [2.24, 2.45) is 5.84 Å². The van der Waals surface area contributed by atoms with Crippen LogP contribution in [0.5, 0.6) is 0 Å². The van der Waals surface area contributed by atoms with Gasteiger partial charge in [0.15, 0.2) is 5.22 Å². The minimum atomic E-state index is -0.00986. The number of hydrogen-bond acceptors (Lipinski definition) is 3. The molecule has 1 aliphatic rings. The van der Waals surface area contributed by atoms with Gasteiger partial charge in [0.1, 0.15) is 0 Å². The molecule has 0 spiro atoms. The molecular formula is C12H17ClN2O. The highest BCUT2D eigenvalue weighted by atomic mass is 35.5. The van der Waals surface area contributed by atoms with E-state index in [1.807, 2.05) is 6.07 Å². The molecule has 0 fully saturated rings. The van der Waals surface area contributed by atoms with Gasteiger partial charge in [-0.3, -0.25) is 5.84 Å². The number of halogens is 1. The molecule has 1 heterocycles. The van der Waals surface area contributed by atoms with Gasteiger partial charge < -0.3 is 4.42 Å². The Morgan fingerprint density at radius 2 is 2.25 bits per heavy atom. The van der Waals surface area contributed by atoms with Crippen LogP contribution in [0, 0.1) is 0 Å². The molecule has 0 saturated carbocycles. The molecule has 1 aromatic heterocycles. The maximum Gasteiger partial charge on any atom is 0.198 e. The zero-order chi connectivity index (χ0) is 11.4. The normalized spacial score (nSPS) is 19.0. The van der Waals surface area contributed by atoms with Crippen LogP contribution >= 0.6 is 11.6 Å². The molecule has 0 saturated heterocycles. The third-order valence-electron chi connectivity index (χ3n) is 3.07. The number of hydrazine groups is 1. The number of nitrogens with two attached hydrogens (primary N) is 1. The van der Waals surface area contributed by atoms with E-state index in [-0.39, 0.29) is 6.04 Å². The number of hydrogen-bond donors (Lipinski definition) is 2. The highest BCUT2D eigenvalue weighted by molar-refractivity contribution is 6.29. The van der Waals surface area contributed by atoms with Crippen molar-refractivity contribution in [2.45, 2.75) is 38.1 Å². The van der Waals surface area contributed by atoms with Crippen molar-refractivity contribution >= 4 is 11.6 Å². The Labute approximate surface area is 101 Å². The second-order valence-electron chi connectivity index (χ2n) is 4.13. The molecule has 16 heavy (non-hydrogen) atoms. The highest BCUT2D eigenvalue weighted by Crippen LogP contribution is 2.32. The van der Waals surface area contributed by atoms with Gasteiger partial charge in [-0.25, -0.2) is 5.43 Å². The Kier molecular flexibility index (Phi) is 4.04. The Hall–Kier alpha value is -0.770. The van der Waals surface area contributed by atoms with Gasteiger partial charge in [0.25, 0.3) is 0 Å². The summed E-state index contributed by atoms with van der Waals surface area (Å²) in [5.74, 6) is 5.62. The van der Waals surface area contributed by atoms with E-state index in [4.69, 9.17) is 21.9 Å². The van der Waals surface area contributed by atoms with Gasteiger partial charge in [-0.05, 0) is 43.4 Å². The molecule has 88 valence electrons. The predicted molar refractivity (Wildman–Crippen MR) is 65.0 cm³/mol. The summed E-state index contributed by atoms with van der Waals surface area (Å²) in [4.78, 5) is 0. The summed E-state index contributed by atoms with van der Waals surface area (Å²) in [7, 11) is 0. The van der Waals surface area contributed by atoms with Crippen LogP contribution in [0.3, 0.4) is 0 Å². The first-order valence-corrected chi connectivity index (χ1v) is 6.08. The van der Waals surface area contributed by atoms with Crippen molar-refractivity contribution in [3.8, 4) is 0 Å². The van der Waals surface area contributed by atoms with E-state index in [0.717, 1.165) is 18.4 Å². The smallest absolute Gasteiger partial charge is 0.198 e. The molecule has 0 radical (unpaired) electrons. The zero-order valence-corrected chi connectivity index (χ0v) is 9.96. The molecule has 1 atom stereocenters. The summed E-state index contributed by atoms with van der Waals surface area (Å²) >= 11 is 5.98. The van der Waals surface area contributed by atoms with Crippen LogP contribution in [-0.4, -0.2) is 0 Å². The maximum atomic E-state index is 5.98. The molecule has 4 heteroatoms. The summed E-state index contributed by atoms with van der Waals surface area (Å²) in [6.45, 7) is 0. The van der Waals surface area contributed by atoms with Crippen LogP contribution in [-0.2, 0) is 0 Å². The molecule has 0 bridgehead atoms. The fourth-order valence-corrected chi connectivity index (χ4v) is 2.43. The third-order valence-corrected chi connectivity index (χ3v) is 3.38. The van der Waals surface area contributed by atoms with Gasteiger partial charge in [-0.1, -0.05) is 18.1 Å². The Balaban J connectivity index is 2.21. The monoisotopic (exact) mass is 240 g/mol. The lowest BCUT2D eigenvalue weighted by molar-refractivity contribution is 0.548. The summed E-state index contributed by atoms with van der Waals surface area (Å²) in [5.41, 5.74) is 5.08. The summed E-state index contributed by atoms with van der Waals surface area (Å²) < 4.78 is 5.11. The van der Waals surface area contributed by atoms with Crippen molar-refractivity contribution < 1.29 is 4.42 Å². The topological polar surface area (TPSA) is 51.2 Å². The van der Waals surface area contributed by atoms with E-state index in [2.05, 4.69) is 11.5 Å². The van der Waals surface area contributed by atoms with Gasteiger partial charge in [-0.2, -0.15) is 0 Å². The molecule has 3 N–H and O–H groups in total. The fourth-order valence-electron chi connectivity index (χ4n) is 2.21. The van der Waals surface area contributed by atoms with Gasteiger partial charge in [-0.15, -0.1) is 0 Å². The predicted octanol–water partition coefficient (Wildman–Crippen LogP) is 3.33. The first-order chi connectivity index (χ1) is 7.83. The molecule has 0 aliphatic heterocycles. The minimum Gasteiger partial charge on any atom is -0.453 e. The van der Waals surface area contributed by atoms with E-state index in [1.165, 1.54) is 24.8 Å². The van der Waals surface area contributed by atoms with Gasteiger partial charge >= 0.3 is 0 Å². The Morgan fingerprint density at radius 3 is 2.94 bits per heavy atom. The van der Waals surface area contributed by atoms with Gasteiger partial charge in [0.2, 0.25) is 0 Å². The summed E-state index contributed by atoms with van der Waals surface area (Å²) in [6, 6.07) is 1.86. The molecule has 2 rings (SSSR count). The highest BCUT2D eigenvalue weighted by Gasteiger charge is 2.20. The molecule has 1 unspecified atom stereocenters. The number of allylic oxidation sites excluding steroid dienone is 1. The van der Waals surface area contributed by atoms with Crippen LogP contribution in [0.4, 0.5) is 0 Å². The minimum absolute atomic E-state index is 0.00986. The Bertz CT molecular complexity index is 373. The van der Waals surface area contributed by atoms with E-state index in [0.29, 0.717) is 5.22 Å². The zero-order valence-electron chi connectivity index (χ0n) is 9.21. The largest absolute Gasteiger partial charge is 0.453 e. The molecule has 1 aliphatic carbocycles. The molecule has 0 amide bonds. The van der Waals surface area contributed by atoms with Crippen LogP contribution in [0.25, 0.3) is 0 Å². The fraction of sp³-hybridized carbons (Fsp3) is 0.500. The molecule has 0 aromatic carbocycles. The first-order valence-electron chi connectivity index (χ1n) is 5.71. The average Bonchev–Trinajstić information content (AvgIpc) is 2.57. The number of furan rings is 1. The van der Waals surface area contributed by atoms with Crippen LogP contribution < -0.4 is 11.3 Å². The molecule has 3 nitrogen and oxygen atoms in total. The van der Waals surface area contributed by atoms with E-state index < -0.39 is 0 Å². The average molecular weight is 241 g/mol. The van der Waals surface area contributed by atoms with E-state index in [9.17, 15) is 0 Å². The first kappa shape index (κ1) is 11.7. The Morgan fingerprint density at radius 1 is 1.38 bits per heavy atom. The maximum absolute atomic E-state index is 5.98. The molecule has 1 aromatic rings. The quantitative estimate of drug-likeness (QED) is 0.484.